The van der Waals surface area contributed by atoms with Crippen LogP contribution in [-0.2, 0) is 14.8 Å². The van der Waals surface area contributed by atoms with E-state index in [0.29, 0.717) is 5.56 Å². The number of nitrogens with zero attached hydrogens (tertiary/aromatic N) is 2. The first-order chi connectivity index (χ1) is 11.4. The van der Waals surface area contributed by atoms with Crippen LogP contribution in [-0.4, -0.2) is 69.5 Å². The molecule has 1 N–H and O–H groups in total. The van der Waals surface area contributed by atoms with Crippen molar-refractivity contribution in [2.75, 3.05) is 39.8 Å². The van der Waals surface area contributed by atoms with Crippen LogP contribution in [0, 0.1) is 0 Å². The number of carbonyl (C=O) groups is 2. The van der Waals surface area contributed by atoms with Gasteiger partial charge in [0.05, 0.1) is 11.5 Å². The smallest absolute Gasteiger partial charge is 0.409 e. The second kappa shape index (κ2) is 7.63. The molecule has 1 aromatic carbocycles. The topological polar surface area (TPSA) is 96.0 Å². The van der Waals surface area contributed by atoms with Crippen molar-refractivity contribution in [3.8, 4) is 0 Å². The molecule has 2 rings (SSSR count). The van der Waals surface area contributed by atoms with Gasteiger partial charge in [0.1, 0.15) is 0 Å². The molecule has 0 unspecified atom stereocenters. The van der Waals surface area contributed by atoms with Crippen LogP contribution >= 0.6 is 0 Å². The van der Waals surface area contributed by atoms with Crippen molar-refractivity contribution in [1.82, 2.24) is 14.5 Å². The fourth-order valence-corrected chi connectivity index (χ4v) is 3.82. The Labute approximate surface area is 141 Å². The zero-order valence-electron chi connectivity index (χ0n) is 13.7. The lowest BCUT2D eigenvalue weighted by atomic mass is 10.2. The van der Waals surface area contributed by atoms with Crippen molar-refractivity contribution in [3.05, 3.63) is 29.8 Å². The molecule has 2 amide bonds. The largest absolute Gasteiger partial charge is 0.450 e. The number of piperazine rings is 1. The number of nitrogens with one attached hydrogen (secondary N) is 1. The van der Waals surface area contributed by atoms with E-state index in [1.807, 2.05) is 0 Å². The third-order valence-corrected chi connectivity index (χ3v) is 5.66. The van der Waals surface area contributed by atoms with Crippen molar-refractivity contribution >= 4 is 22.0 Å². The summed E-state index contributed by atoms with van der Waals surface area (Å²) >= 11 is 0. The number of carbonyl (C=O) groups excluding carboxylic acids is 2. The normalized spacial score (nSPS) is 15.8. The average molecular weight is 355 g/mol. The first-order valence-electron chi connectivity index (χ1n) is 7.64. The van der Waals surface area contributed by atoms with E-state index in [0.717, 1.165) is 0 Å². The molecule has 1 heterocycles. The van der Waals surface area contributed by atoms with Gasteiger partial charge in [-0.05, 0) is 31.2 Å². The Morgan fingerprint density at radius 2 is 1.71 bits per heavy atom. The van der Waals surface area contributed by atoms with Gasteiger partial charge >= 0.3 is 6.09 Å². The van der Waals surface area contributed by atoms with Crippen LogP contribution < -0.4 is 5.32 Å². The standard InChI is InChI=1S/C15H21N3O5S/c1-3-23-15(20)17-8-10-18(11-9-17)24(21,22)13-6-4-12(5-7-13)14(19)16-2/h4-7H,3,8-11H2,1-2H3,(H,16,19). The highest BCUT2D eigenvalue weighted by molar-refractivity contribution is 7.89. The van der Waals surface area contributed by atoms with Crippen LogP contribution in [0.3, 0.4) is 0 Å². The van der Waals surface area contributed by atoms with E-state index in [1.54, 1.807) is 6.92 Å². The summed E-state index contributed by atoms with van der Waals surface area (Å²) in [5, 5.41) is 2.48. The van der Waals surface area contributed by atoms with Gasteiger partial charge in [-0.2, -0.15) is 4.31 Å². The van der Waals surface area contributed by atoms with Crippen LogP contribution in [0.5, 0.6) is 0 Å². The summed E-state index contributed by atoms with van der Waals surface area (Å²) in [7, 11) is -2.14. The maximum atomic E-state index is 12.6. The molecule has 132 valence electrons. The minimum Gasteiger partial charge on any atom is -0.450 e. The van der Waals surface area contributed by atoms with Crippen LogP contribution in [0.15, 0.2) is 29.2 Å². The second-order valence-corrected chi connectivity index (χ2v) is 7.13. The number of ether oxygens (including phenoxy) is 1. The highest BCUT2D eigenvalue weighted by atomic mass is 32.2. The Kier molecular flexibility index (Phi) is 5.79. The predicted molar refractivity (Wildman–Crippen MR) is 87.2 cm³/mol. The van der Waals surface area contributed by atoms with Crippen molar-refractivity contribution in [2.24, 2.45) is 0 Å². The van der Waals surface area contributed by atoms with Gasteiger partial charge in [0.25, 0.3) is 5.91 Å². The van der Waals surface area contributed by atoms with Gasteiger partial charge in [-0.25, -0.2) is 13.2 Å². The van der Waals surface area contributed by atoms with Gasteiger partial charge in [0, 0.05) is 38.8 Å². The van der Waals surface area contributed by atoms with Crippen LogP contribution in [0.25, 0.3) is 0 Å². The average Bonchev–Trinajstić information content (AvgIpc) is 2.61. The summed E-state index contributed by atoms with van der Waals surface area (Å²) in [6.07, 6.45) is -0.426. The molecular weight excluding hydrogens is 334 g/mol. The summed E-state index contributed by atoms with van der Waals surface area (Å²) in [6, 6.07) is 5.77. The van der Waals surface area contributed by atoms with Gasteiger partial charge in [-0.1, -0.05) is 0 Å². The van der Waals surface area contributed by atoms with Gasteiger partial charge in [-0.3, -0.25) is 4.79 Å². The summed E-state index contributed by atoms with van der Waals surface area (Å²) in [5.74, 6) is -0.276. The van der Waals surface area contributed by atoms with Crippen molar-refractivity contribution in [3.63, 3.8) is 0 Å². The Morgan fingerprint density at radius 1 is 1.12 bits per heavy atom. The summed E-state index contributed by atoms with van der Waals surface area (Å²) in [6.45, 7) is 3.00. The van der Waals surface area contributed by atoms with E-state index in [9.17, 15) is 18.0 Å². The molecule has 0 aromatic heterocycles. The molecule has 1 fully saturated rings. The first-order valence-corrected chi connectivity index (χ1v) is 9.08. The molecular formula is C15H21N3O5S. The number of hydrogen-bond acceptors (Lipinski definition) is 5. The summed E-state index contributed by atoms with van der Waals surface area (Å²) < 4.78 is 31.5. The van der Waals surface area contributed by atoms with Gasteiger partial charge < -0.3 is 15.0 Å². The molecule has 1 aliphatic rings. The van der Waals surface area contributed by atoms with Crippen molar-refractivity contribution in [1.29, 1.82) is 0 Å². The second-order valence-electron chi connectivity index (χ2n) is 5.19. The molecule has 0 saturated carbocycles. The minimum absolute atomic E-state index is 0.125. The molecule has 1 aromatic rings. The lowest BCUT2D eigenvalue weighted by Gasteiger charge is -2.33. The van der Waals surface area contributed by atoms with Gasteiger partial charge in [0.15, 0.2) is 0 Å². The zero-order valence-corrected chi connectivity index (χ0v) is 14.5. The van der Waals surface area contributed by atoms with Crippen LogP contribution in [0.1, 0.15) is 17.3 Å². The SMILES string of the molecule is CCOC(=O)N1CCN(S(=O)(=O)c2ccc(C(=O)NC)cc2)CC1. The Hall–Kier alpha value is -2.13. The molecule has 24 heavy (non-hydrogen) atoms. The molecule has 1 aliphatic heterocycles. The molecule has 9 heteroatoms. The fraction of sp³-hybridized carbons (Fsp3) is 0.467. The maximum absolute atomic E-state index is 12.6. The maximum Gasteiger partial charge on any atom is 0.409 e. The van der Waals surface area contributed by atoms with Crippen LogP contribution in [0.4, 0.5) is 4.79 Å². The minimum atomic E-state index is -3.65. The number of amides is 2. The molecule has 1 saturated heterocycles. The third kappa shape index (κ3) is 3.85. The van der Waals surface area contributed by atoms with E-state index in [2.05, 4.69) is 5.32 Å². The van der Waals surface area contributed by atoms with E-state index >= 15 is 0 Å². The predicted octanol–water partition coefficient (Wildman–Crippen LogP) is 0.509. The van der Waals surface area contributed by atoms with Gasteiger partial charge in [-0.15, -0.1) is 0 Å². The van der Waals surface area contributed by atoms with Gasteiger partial charge in [0.2, 0.25) is 10.0 Å². The molecule has 8 nitrogen and oxygen atoms in total. The fourth-order valence-electron chi connectivity index (χ4n) is 2.40. The highest BCUT2D eigenvalue weighted by Crippen LogP contribution is 2.18. The molecule has 0 bridgehead atoms. The quantitative estimate of drug-likeness (QED) is 0.849. The number of sulfonamides is 1. The number of benzene rings is 1. The number of rotatable bonds is 4. The molecule has 0 atom stereocenters. The number of hydrogen-bond donors (Lipinski definition) is 1. The van der Waals surface area contributed by atoms with Crippen molar-refractivity contribution < 1.29 is 22.7 Å². The van der Waals surface area contributed by atoms with Crippen molar-refractivity contribution in [2.45, 2.75) is 11.8 Å². The van der Waals surface area contributed by atoms with E-state index in [-0.39, 0.29) is 43.6 Å². The Bertz CT molecular complexity index is 694. The zero-order chi connectivity index (χ0) is 17.7. The lowest BCUT2D eigenvalue weighted by Crippen LogP contribution is -2.50. The summed E-state index contributed by atoms with van der Waals surface area (Å²) in [5.41, 5.74) is 0.392. The van der Waals surface area contributed by atoms with E-state index < -0.39 is 16.1 Å². The first kappa shape index (κ1) is 18.2. The Balaban J connectivity index is 2.06. The monoisotopic (exact) mass is 355 g/mol. The molecule has 0 spiro atoms. The highest BCUT2D eigenvalue weighted by Gasteiger charge is 2.30. The summed E-state index contributed by atoms with van der Waals surface area (Å²) in [4.78, 5) is 24.8. The lowest BCUT2D eigenvalue weighted by molar-refractivity contribution is 0.0933. The molecule has 0 radical (unpaired) electrons. The molecule has 0 aliphatic carbocycles. The van der Waals surface area contributed by atoms with E-state index in [1.165, 1.54) is 40.5 Å². The Morgan fingerprint density at radius 3 is 2.21 bits per heavy atom. The van der Waals surface area contributed by atoms with Crippen LogP contribution in [0.2, 0.25) is 0 Å². The van der Waals surface area contributed by atoms with E-state index in [4.69, 9.17) is 4.74 Å². The third-order valence-electron chi connectivity index (χ3n) is 3.75.